The molecular weight excluding hydrogens is 286 g/mol. The third kappa shape index (κ3) is 2.66. The number of aryl methyl sites for hydroxylation is 1. The Kier molecular flexibility index (Phi) is 3.79. The van der Waals surface area contributed by atoms with Gasteiger partial charge in [0.2, 0.25) is 5.91 Å². The van der Waals surface area contributed by atoms with Gasteiger partial charge in [-0.2, -0.15) is 4.91 Å². The minimum atomic E-state index is -0.418. The van der Waals surface area contributed by atoms with Crippen LogP contribution in [0.25, 0.3) is 0 Å². The summed E-state index contributed by atoms with van der Waals surface area (Å²) in [6.45, 7) is 2.12. The molecule has 3 rings (SSSR count). The number of fused-ring (bicyclic) bond motifs is 1. The normalized spacial score (nSPS) is 23.1. The van der Waals surface area contributed by atoms with Crippen molar-refractivity contribution < 1.29 is 14.3 Å². The fourth-order valence-corrected chi connectivity index (χ4v) is 2.96. The molecule has 2 amide bonds. The molecule has 7 nitrogen and oxygen atoms in total. The van der Waals surface area contributed by atoms with Crippen LogP contribution in [0.15, 0.2) is 23.4 Å². The number of nitrogens with one attached hydrogen (secondary N) is 1. The summed E-state index contributed by atoms with van der Waals surface area (Å²) in [6, 6.07) is 5.31. The van der Waals surface area contributed by atoms with Crippen molar-refractivity contribution in [2.45, 2.75) is 31.9 Å². The van der Waals surface area contributed by atoms with Crippen LogP contribution in [0.5, 0.6) is 0 Å². The second-order valence-corrected chi connectivity index (χ2v) is 5.60. The molecule has 1 aromatic carbocycles. The number of hydrogen-bond donors (Lipinski definition) is 1. The second kappa shape index (κ2) is 5.75. The van der Waals surface area contributed by atoms with E-state index in [0.29, 0.717) is 13.1 Å². The molecule has 22 heavy (non-hydrogen) atoms. The van der Waals surface area contributed by atoms with Gasteiger partial charge in [-0.3, -0.25) is 9.69 Å². The molecule has 1 N–H and O–H groups in total. The van der Waals surface area contributed by atoms with Crippen LogP contribution in [0, 0.1) is 4.91 Å². The van der Waals surface area contributed by atoms with Gasteiger partial charge in [-0.1, -0.05) is 11.2 Å². The van der Waals surface area contributed by atoms with Gasteiger partial charge in [0.25, 0.3) is 0 Å². The van der Waals surface area contributed by atoms with Gasteiger partial charge in [0.15, 0.2) is 0 Å². The highest BCUT2D eigenvalue weighted by Crippen LogP contribution is 2.36. The molecule has 0 bridgehead atoms. The molecule has 1 aliphatic heterocycles. The zero-order valence-corrected chi connectivity index (χ0v) is 12.2. The quantitative estimate of drug-likeness (QED) is 0.860. The molecule has 2 unspecified atom stereocenters. The summed E-state index contributed by atoms with van der Waals surface area (Å²) in [5, 5.41) is 5.77. The Labute approximate surface area is 127 Å². The van der Waals surface area contributed by atoms with E-state index >= 15 is 0 Å². The Balaban J connectivity index is 1.73. The number of cyclic esters (lactones) is 1. The number of benzene rings is 1. The molecule has 2 aliphatic rings. The summed E-state index contributed by atoms with van der Waals surface area (Å²) >= 11 is 0. The minimum Gasteiger partial charge on any atom is -0.442 e. The van der Waals surface area contributed by atoms with E-state index in [2.05, 4.69) is 10.5 Å². The average Bonchev–Trinajstić information content (AvgIpc) is 3.07. The molecule has 0 saturated carbocycles. The Morgan fingerprint density at radius 1 is 1.50 bits per heavy atom. The number of nitrogens with zero attached hydrogens (tertiary/aromatic N) is 2. The zero-order chi connectivity index (χ0) is 15.7. The molecule has 0 aromatic heterocycles. The van der Waals surface area contributed by atoms with E-state index in [4.69, 9.17) is 4.74 Å². The molecule has 1 saturated heterocycles. The number of anilines is 1. The van der Waals surface area contributed by atoms with Crippen molar-refractivity contribution >= 4 is 17.7 Å². The van der Waals surface area contributed by atoms with Gasteiger partial charge in [-0.15, -0.1) is 0 Å². The molecule has 0 spiro atoms. The van der Waals surface area contributed by atoms with E-state index in [1.807, 2.05) is 18.2 Å². The van der Waals surface area contributed by atoms with E-state index in [9.17, 15) is 14.5 Å². The molecule has 7 heteroatoms. The zero-order valence-electron chi connectivity index (χ0n) is 12.2. The fourth-order valence-electron chi connectivity index (χ4n) is 2.96. The first kappa shape index (κ1) is 14.5. The standard InChI is InChI=1S/C15H17N3O4/c1-9(19)16-7-12-8-18(15(20)22-12)11-3-4-13-10(6-11)2-5-14(13)17-21/h3-4,6,12,14H,2,5,7-8H2,1H3,(H,16,19). The van der Waals surface area contributed by atoms with Crippen LogP contribution >= 0.6 is 0 Å². The monoisotopic (exact) mass is 303 g/mol. The van der Waals surface area contributed by atoms with Gasteiger partial charge < -0.3 is 10.1 Å². The van der Waals surface area contributed by atoms with Crippen molar-refractivity contribution in [1.82, 2.24) is 5.32 Å². The van der Waals surface area contributed by atoms with Crippen LogP contribution in [0.4, 0.5) is 10.5 Å². The van der Waals surface area contributed by atoms with Gasteiger partial charge in [-0.05, 0) is 36.1 Å². The molecule has 1 aliphatic carbocycles. The Bertz CT molecular complexity index is 631. The first-order valence-corrected chi connectivity index (χ1v) is 7.26. The maximum absolute atomic E-state index is 12.0. The fraction of sp³-hybridized carbons (Fsp3) is 0.467. The van der Waals surface area contributed by atoms with Gasteiger partial charge in [0.05, 0.1) is 13.1 Å². The minimum absolute atomic E-state index is 0.153. The Morgan fingerprint density at radius 3 is 3.05 bits per heavy atom. The topological polar surface area (TPSA) is 88.1 Å². The summed E-state index contributed by atoms with van der Waals surface area (Å²) in [4.78, 5) is 35.2. The maximum atomic E-state index is 12.0. The number of nitroso groups, excluding NO2 is 1. The number of hydrogen-bond acceptors (Lipinski definition) is 5. The van der Waals surface area contributed by atoms with E-state index in [1.54, 1.807) is 4.90 Å². The third-order valence-electron chi connectivity index (χ3n) is 4.06. The van der Waals surface area contributed by atoms with Crippen LogP contribution < -0.4 is 10.2 Å². The molecule has 1 heterocycles. The lowest BCUT2D eigenvalue weighted by Crippen LogP contribution is -2.33. The van der Waals surface area contributed by atoms with Crippen LogP contribution in [0.3, 0.4) is 0 Å². The Morgan fingerprint density at radius 2 is 2.32 bits per heavy atom. The van der Waals surface area contributed by atoms with E-state index in [-0.39, 0.29) is 18.1 Å². The van der Waals surface area contributed by atoms with Crippen molar-refractivity contribution in [3.63, 3.8) is 0 Å². The highest BCUT2D eigenvalue weighted by atomic mass is 16.6. The van der Waals surface area contributed by atoms with Crippen LogP contribution in [-0.2, 0) is 16.0 Å². The second-order valence-electron chi connectivity index (χ2n) is 5.60. The first-order chi connectivity index (χ1) is 10.6. The lowest BCUT2D eigenvalue weighted by molar-refractivity contribution is -0.119. The van der Waals surface area contributed by atoms with E-state index in [0.717, 1.165) is 29.7 Å². The molecular formula is C15H17N3O4. The van der Waals surface area contributed by atoms with Crippen LogP contribution in [-0.4, -0.2) is 31.2 Å². The third-order valence-corrected chi connectivity index (χ3v) is 4.06. The van der Waals surface area contributed by atoms with Crippen LogP contribution in [0.1, 0.15) is 30.5 Å². The van der Waals surface area contributed by atoms with Crippen molar-refractivity contribution in [2.24, 2.45) is 5.18 Å². The predicted molar refractivity (Wildman–Crippen MR) is 79.6 cm³/mol. The summed E-state index contributed by atoms with van der Waals surface area (Å²) in [5.74, 6) is -0.153. The van der Waals surface area contributed by atoms with Gasteiger partial charge in [-0.25, -0.2) is 4.79 Å². The van der Waals surface area contributed by atoms with Gasteiger partial charge in [0.1, 0.15) is 12.1 Å². The number of carbonyl (C=O) groups excluding carboxylic acids is 2. The van der Waals surface area contributed by atoms with Gasteiger partial charge in [0, 0.05) is 12.6 Å². The van der Waals surface area contributed by atoms with E-state index in [1.165, 1.54) is 6.92 Å². The first-order valence-electron chi connectivity index (χ1n) is 7.26. The van der Waals surface area contributed by atoms with Crippen LogP contribution in [0.2, 0.25) is 0 Å². The summed E-state index contributed by atoms with van der Waals surface area (Å²) in [5.41, 5.74) is 2.75. The lowest BCUT2D eigenvalue weighted by Gasteiger charge is -2.14. The van der Waals surface area contributed by atoms with Gasteiger partial charge >= 0.3 is 6.09 Å². The molecule has 0 radical (unpaired) electrons. The smallest absolute Gasteiger partial charge is 0.414 e. The number of amides is 2. The van der Waals surface area contributed by atoms with Crippen molar-refractivity contribution in [3.05, 3.63) is 34.2 Å². The maximum Gasteiger partial charge on any atom is 0.414 e. The molecule has 2 atom stereocenters. The largest absolute Gasteiger partial charge is 0.442 e. The molecule has 116 valence electrons. The van der Waals surface area contributed by atoms with Crippen molar-refractivity contribution in [2.75, 3.05) is 18.0 Å². The lowest BCUT2D eigenvalue weighted by atomic mass is 10.1. The summed E-state index contributed by atoms with van der Waals surface area (Å²) in [6.07, 6.45) is 0.739. The SMILES string of the molecule is CC(=O)NCC1CN(c2ccc3c(c2)CCC3N=O)C(=O)O1. The number of ether oxygens (including phenoxy) is 1. The van der Waals surface area contributed by atoms with Crippen molar-refractivity contribution in [3.8, 4) is 0 Å². The number of rotatable bonds is 4. The number of carbonyl (C=O) groups is 2. The van der Waals surface area contributed by atoms with E-state index < -0.39 is 6.09 Å². The van der Waals surface area contributed by atoms with Crippen molar-refractivity contribution in [1.29, 1.82) is 0 Å². The molecule has 1 aromatic rings. The predicted octanol–water partition coefficient (Wildman–Crippen LogP) is 1.90. The summed E-state index contributed by atoms with van der Waals surface area (Å²) < 4.78 is 5.24. The Hall–Kier alpha value is -2.44. The molecule has 1 fully saturated rings. The highest BCUT2D eigenvalue weighted by molar-refractivity contribution is 5.90. The highest BCUT2D eigenvalue weighted by Gasteiger charge is 2.33. The summed E-state index contributed by atoms with van der Waals surface area (Å²) in [7, 11) is 0. The average molecular weight is 303 g/mol.